The number of aromatic amines is 1. The number of hydrogen-bond acceptors (Lipinski definition) is 3. The second-order valence-electron chi connectivity index (χ2n) is 9.20. The van der Waals surface area contributed by atoms with E-state index in [2.05, 4.69) is 60.1 Å². The van der Waals surface area contributed by atoms with Gasteiger partial charge in [0.1, 0.15) is 6.33 Å². The van der Waals surface area contributed by atoms with Crippen molar-refractivity contribution in [1.82, 2.24) is 19.6 Å². The van der Waals surface area contributed by atoms with Gasteiger partial charge in [0.15, 0.2) is 5.65 Å². The van der Waals surface area contributed by atoms with Gasteiger partial charge in [-0.3, -0.25) is 4.79 Å². The zero-order chi connectivity index (χ0) is 21.7. The number of rotatable bonds is 4. The minimum atomic E-state index is -0.647. The number of aromatic nitrogens is 4. The summed E-state index contributed by atoms with van der Waals surface area (Å²) in [5, 5.41) is 14.9. The van der Waals surface area contributed by atoms with Gasteiger partial charge in [-0.15, -0.1) is 0 Å². The highest BCUT2D eigenvalue weighted by molar-refractivity contribution is 5.92. The summed E-state index contributed by atoms with van der Waals surface area (Å²) < 4.78 is 1.84. The molecule has 0 bridgehead atoms. The van der Waals surface area contributed by atoms with Crippen LogP contribution in [0.1, 0.15) is 68.1 Å². The fourth-order valence-corrected chi connectivity index (χ4v) is 5.22. The molecule has 1 aliphatic rings. The monoisotopic (exact) mass is 416 g/mol. The molecule has 4 aromatic rings. The van der Waals surface area contributed by atoms with E-state index < -0.39 is 5.97 Å². The van der Waals surface area contributed by atoms with Crippen LogP contribution in [0.2, 0.25) is 0 Å². The zero-order valence-corrected chi connectivity index (χ0v) is 18.2. The van der Waals surface area contributed by atoms with Gasteiger partial charge < -0.3 is 10.1 Å². The maximum atomic E-state index is 11.3. The van der Waals surface area contributed by atoms with Crippen LogP contribution in [0.4, 0.5) is 0 Å². The Labute approximate surface area is 181 Å². The Kier molecular flexibility index (Phi) is 4.80. The van der Waals surface area contributed by atoms with Crippen molar-refractivity contribution in [3.63, 3.8) is 0 Å². The van der Waals surface area contributed by atoms with Crippen LogP contribution < -0.4 is 0 Å². The maximum absolute atomic E-state index is 11.3. The molecule has 0 spiro atoms. The Bertz CT molecular complexity index is 1280. The van der Waals surface area contributed by atoms with Crippen LogP contribution >= 0.6 is 0 Å². The Morgan fingerprint density at radius 2 is 1.97 bits per heavy atom. The van der Waals surface area contributed by atoms with Crippen LogP contribution in [-0.2, 0) is 4.79 Å². The van der Waals surface area contributed by atoms with E-state index in [9.17, 15) is 9.90 Å². The molecule has 6 heteroatoms. The first-order chi connectivity index (χ1) is 14.9. The molecule has 6 nitrogen and oxygen atoms in total. The van der Waals surface area contributed by atoms with Gasteiger partial charge in [0.05, 0.1) is 11.6 Å². The Balaban J connectivity index is 1.57. The molecule has 31 heavy (non-hydrogen) atoms. The summed E-state index contributed by atoms with van der Waals surface area (Å²) in [5.41, 5.74) is 8.00. The summed E-state index contributed by atoms with van der Waals surface area (Å²) in [7, 11) is 0. The number of pyridine rings is 1. The van der Waals surface area contributed by atoms with Crippen molar-refractivity contribution in [3.8, 4) is 11.3 Å². The largest absolute Gasteiger partial charge is 0.481 e. The van der Waals surface area contributed by atoms with Crippen molar-refractivity contribution in [2.75, 3.05) is 0 Å². The first kappa shape index (κ1) is 19.8. The van der Waals surface area contributed by atoms with Crippen molar-refractivity contribution in [2.24, 2.45) is 5.92 Å². The molecule has 1 saturated carbocycles. The van der Waals surface area contributed by atoms with Crippen molar-refractivity contribution in [1.29, 1.82) is 0 Å². The molecule has 1 aliphatic carbocycles. The number of carboxylic acid groups (broad SMARTS) is 1. The lowest BCUT2D eigenvalue weighted by Crippen LogP contribution is -2.20. The van der Waals surface area contributed by atoms with Crippen molar-refractivity contribution < 1.29 is 9.90 Å². The summed E-state index contributed by atoms with van der Waals surface area (Å²) in [5.74, 6) is -0.0356. The van der Waals surface area contributed by atoms with Gasteiger partial charge in [-0.05, 0) is 79.3 Å². The molecule has 0 amide bonds. The molecule has 3 heterocycles. The minimum Gasteiger partial charge on any atom is -0.481 e. The molecule has 2 N–H and O–H groups in total. The topological polar surface area (TPSA) is 83.3 Å². The lowest BCUT2D eigenvalue weighted by Gasteiger charge is -2.26. The number of aryl methyl sites for hydroxylation is 1. The number of benzene rings is 1. The molecule has 1 aromatic carbocycles. The predicted octanol–water partition coefficient (Wildman–Crippen LogP) is 5.67. The van der Waals surface area contributed by atoms with Gasteiger partial charge in [0.25, 0.3) is 0 Å². The first-order valence-corrected chi connectivity index (χ1v) is 11.1. The van der Waals surface area contributed by atoms with Gasteiger partial charge in [-0.25, -0.2) is 9.50 Å². The molecule has 0 radical (unpaired) electrons. The fraction of sp³-hybridized carbons (Fsp3) is 0.400. The van der Waals surface area contributed by atoms with E-state index in [4.69, 9.17) is 0 Å². The van der Waals surface area contributed by atoms with Crippen LogP contribution in [0.3, 0.4) is 0 Å². The number of nitrogens with zero attached hydrogens (tertiary/aromatic N) is 3. The number of carboxylic acids is 1. The zero-order valence-electron chi connectivity index (χ0n) is 18.2. The third kappa shape index (κ3) is 3.40. The SMILES string of the molecule is Cc1cc(-c2[nH]c3ccc(C4CCC(C(=O)O)CC4)cc3c2C(C)C)cn2ncnc12. The molecule has 0 aliphatic heterocycles. The molecule has 0 unspecified atom stereocenters. The lowest BCUT2D eigenvalue weighted by atomic mass is 9.78. The van der Waals surface area contributed by atoms with E-state index in [1.165, 1.54) is 16.5 Å². The van der Waals surface area contributed by atoms with E-state index in [0.717, 1.165) is 53.7 Å². The smallest absolute Gasteiger partial charge is 0.306 e. The summed E-state index contributed by atoms with van der Waals surface area (Å²) in [4.78, 5) is 19.3. The molecular weight excluding hydrogens is 388 g/mol. The summed E-state index contributed by atoms with van der Waals surface area (Å²) in [6.45, 7) is 6.53. The van der Waals surface area contributed by atoms with Crippen molar-refractivity contribution >= 4 is 22.5 Å². The standard InChI is InChI=1S/C25H28N4O2/c1-14(2)22-20-11-18(16-4-6-17(7-5-16)25(30)31)8-9-21(20)28-23(22)19-10-15(3)24-26-13-27-29(24)12-19/h8-14,16-17,28H,4-7H2,1-3H3,(H,30,31). The van der Waals surface area contributed by atoms with Crippen LogP contribution in [-0.4, -0.2) is 30.7 Å². The molecule has 5 rings (SSSR count). The summed E-state index contributed by atoms with van der Waals surface area (Å²) >= 11 is 0. The second kappa shape index (κ2) is 7.52. The van der Waals surface area contributed by atoms with Crippen LogP contribution in [0, 0.1) is 12.8 Å². The van der Waals surface area contributed by atoms with E-state index in [1.807, 2.05) is 10.7 Å². The van der Waals surface area contributed by atoms with E-state index in [0.29, 0.717) is 11.8 Å². The van der Waals surface area contributed by atoms with E-state index >= 15 is 0 Å². The summed E-state index contributed by atoms with van der Waals surface area (Å²) in [6, 6.07) is 8.90. The molecule has 160 valence electrons. The van der Waals surface area contributed by atoms with Crippen molar-refractivity contribution in [2.45, 2.75) is 58.3 Å². The Morgan fingerprint density at radius 3 is 2.68 bits per heavy atom. The van der Waals surface area contributed by atoms with Gasteiger partial charge in [0, 0.05) is 22.7 Å². The first-order valence-electron chi connectivity index (χ1n) is 11.1. The van der Waals surface area contributed by atoms with Crippen LogP contribution in [0.5, 0.6) is 0 Å². The minimum absolute atomic E-state index is 0.181. The van der Waals surface area contributed by atoms with E-state index in [1.54, 1.807) is 6.33 Å². The molecule has 0 atom stereocenters. The third-order valence-corrected chi connectivity index (χ3v) is 6.84. The second-order valence-corrected chi connectivity index (χ2v) is 9.20. The molecule has 0 saturated heterocycles. The average molecular weight is 417 g/mol. The lowest BCUT2D eigenvalue weighted by molar-refractivity contribution is -0.142. The van der Waals surface area contributed by atoms with Gasteiger partial charge in [0.2, 0.25) is 0 Å². The fourth-order valence-electron chi connectivity index (χ4n) is 5.22. The normalized spacial score (nSPS) is 19.5. The predicted molar refractivity (Wildman–Crippen MR) is 121 cm³/mol. The highest BCUT2D eigenvalue weighted by Crippen LogP contribution is 2.40. The molecular formula is C25H28N4O2. The number of carbonyl (C=O) groups is 1. The Morgan fingerprint density at radius 1 is 1.19 bits per heavy atom. The van der Waals surface area contributed by atoms with Gasteiger partial charge in [-0.2, -0.15) is 5.10 Å². The average Bonchev–Trinajstić information content (AvgIpc) is 3.38. The highest BCUT2D eigenvalue weighted by Gasteiger charge is 2.27. The van der Waals surface area contributed by atoms with Crippen LogP contribution in [0.15, 0.2) is 36.8 Å². The van der Waals surface area contributed by atoms with E-state index in [-0.39, 0.29) is 5.92 Å². The van der Waals surface area contributed by atoms with Crippen LogP contribution in [0.25, 0.3) is 27.8 Å². The number of aliphatic carboxylic acids is 1. The maximum Gasteiger partial charge on any atom is 0.306 e. The number of H-pyrrole nitrogens is 1. The molecule has 3 aromatic heterocycles. The number of nitrogens with one attached hydrogen (secondary N) is 1. The number of hydrogen-bond donors (Lipinski definition) is 2. The number of fused-ring (bicyclic) bond motifs is 2. The highest BCUT2D eigenvalue weighted by atomic mass is 16.4. The van der Waals surface area contributed by atoms with Gasteiger partial charge >= 0.3 is 5.97 Å². The third-order valence-electron chi connectivity index (χ3n) is 6.84. The quantitative estimate of drug-likeness (QED) is 0.449. The van der Waals surface area contributed by atoms with Crippen molar-refractivity contribution in [3.05, 3.63) is 53.5 Å². The summed E-state index contributed by atoms with van der Waals surface area (Å²) in [6.07, 6.45) is 7.05. The Hall–Kier alpha value is -3.15. The van der Waals surface area contributed by atoms with Gasteiger partial charge in [-0.1, -0.05) is 19.9 Å². The molecule has 1 fully saturated rings.